The second-order valence-electron chi connectivity index (χ2n) is 16.8. The summed E-state index contributed by atoms with van der Waals surface area (Å²) in [5.41, 5.74) is 30.5. The van der Waals surface area contributed by atoms with Crippen LogP contribution < -0.4 is 5.73 Å². The summed E-state index contributed by atoms with van der Waals surface area (Å²) in [7, 11) is 0. The Hall–Kier alpha value is -7.53. The molecular formula is C60H47N3S. The normalized spacial score (nSPS) is 14.2. The third-order valence-corrected chi connectivity index (χ3v) is 13.2. The number of hydrogen-bond acceptors (Lipinski definition) is 4. The van der Waals surface area contributed by atoms with Crippen LogP contribution in [0.5, 0.6) is 0 Å². The van der Waals surface area contributed by atoms with E-state index in [1.807, 2.05) is 60.7 Å². The molecule has 0 fully saturated rings. The molecule has 0 saturated carbocycles. The van der Waals surface area contributed by atoms with Crippen molar-refractivity contribution in [3.05, 3.63) is 257 Å². The number of nitrogens with zero attached hydrogens (tertiary/aromatic N) is 1. The van der Waals surface area contributed by atoms with Gasteiger partial charge in [-0.1, -0.05) is 205 Å². The van der Waals surface area contributed by atoms with Gasteiger partial charge < -0.3 is 5.73 Å². The van der Waals surface area contributed by atoms with Crippen molar-refractivity contribution in [3.63, 3.8) is 0 Å². The van der Waals surface area contributed by atoms with Gasteiger partial charge in [0, 0.05) is 15.8 Å². The van der Waals surface area contributed by atoms with Crippen molar-refractivity contribution in [3.8, 4) is 22.3 Å². The largest absolute Gasteiger partial charge is 0.397 e. The summed E-state index contributed by atoms with van der Waals surface area (Å²) in [6, 6.07) is 73.3. The number of nitrogen functional groups attached to an aromatic ring is 1. The molecule has 3 N–H and O–H groups in total. The van der Waals surface area contributed by atoms with Gasteiger partial charge in [0.15, 0.2) is 0 Å². The van der Waals surface area contributed by atoms with Crippen LogP contribution in [0.1, 0.15) is 44.5 Å². The number of fused-ring (bicyclic) bond motifs is 14. The Balaban J connectivity index is 0.000000123. The number of rotatable bonds is 4. The molecule has 0 aliphatic heterocycles. The fourth-order valence-corrected chi connectivity index (χ4v) is 10.1. The first-order valence-electron chi connectivity index (χ1n) is 21.8. The Morgan fingerprint density at radius 1 is 0.516 bits per heavy atom. The van der Waals surface area contributed by atoms with Crippen molar-refractivity contribution >= 4 is 56.3 Å². The van der Waals surface area contributed by atoms with E-state index in [1.165, 1.54) is 82.7 Å². The molecule has 4 heteroatoms. The third-order valence-electron chi connectivity index (χ3n) is 12.8. The smallest absolute Gasteiger partial charge is 0.0885 e. The summed E-state index contributed by atoms with van der Waals surface area (Å²) < 4.78 is 0. The van der Waals surface area contributed by atoms with E-state index in [4.69, 9.17) is 11.3 Å². The number of aryl methyl sites for hydroxylation is 2. The number of benzene rings is 10. The second kappa shape index (κ2) is 17.0. The van der Waals surface area contributed by atoms with Gasteiger partial charge in [-0.2, -0.15) is 5.11 Å². The molecule has 0 aromatic heterocycles. The van der Waals surface area contributed by atoms with E-state index in [-0.39, 0.29) is 5.41 Å². The van der Waals surface area contributed by atoms with Crippen molar-refractivity contribution in [1.82, 2.24) is 0 Å². The minimum absolute atomic E-state index is 0.242. The van der Waals surface area contributed by atoms with Gasteiger partial charge in [0.2, 0.25) is 0 Å². The number of anilines is 1. The minimum Gasteiger partial charge on any atom is -0.397 e. The lowest BCUT2D eigenvalue weighted by Crippen LogP contribution is -2.25. The fourth-order valence-electron chi connectivity index (χ4n) is 9.89. The van der Waals surface area contributed by atoms with Crippen LogP contribution in [0, 0.1) is 19.4 Å². The van der Waals surface area contributed by atoms with Crippen LogP contribution in [-0.4, -0.2) is 0 Å². The van der Waals surface area contributed by atoms with Gasteiger partial charge in [0.25, 0.3) is 0 Å². The molecule has 3 nitrogen and oxygen atoms in total. The van der Waals surface area contributed by atoms with Gasteiger partial charge in [-0.25, -0.2) is 5.53 Å². The number of allylic oxidation sites excluding steroid dienone is 1. The zero-order valence-corrected chi connectivity index (χ0v) is 36.8. The SMILES string of the molecule is Cc1ccc2c(c1)C1(c3ccccc3-2)c2ccccc2-c2cc3ccccc3cc21.Cc1ccc2c(ccc3ccc(S)c(N)c32)c1.N=N/C(=C\Cc1ccccc1)c1ccccc1. The van der Waals surface area contributed by atoms with Crippen molar-refractivity contribution < 1.29 is 0 Å². The Kier molecular flexibility index (Phi) is 10.8. The maximum Gasteiger partial charge on any atom is 0.0885 e. The van der Waals surface area contributed by atoms with Crippen LogP contribution in [0.2, 0.25) is 0 Å². The monoisotopic (exact) mass is 841 g/mol. The van der Waals surface area contributed by atoms with Gasteiger partial charge in [0.1, 0.15) is 0 Å². The summed E-state index contributed by atoms with van der Waals surface area (Å²) in [6.45, 7) is 4.31. The highest BCUT2D eigenvalue weighted by atomic mass is 32.1. The quantitative estimate of drug-likeness (QED) is 0.0703. The van der Waals surface area contributed by atoms with E-state index in [1.54, 1.807) is 0 Å². The molecular weight excluding hydrogens is 795 g/mol. The standard InChI is InChI=1S/C30H20.C15H14N2.C15H13NS/c1-19-14-15-24-22-10-4-6-12-26(22)30(28(24)16-19)27-13-7-5-11-23(27)25-17-20-8-2-3-9-21(20)18-29(25)30;16-17-15(14-9-5-2-6-10-14)12-11-13-7-3-1-4-8-13;1-9-2-6-12-11(8-9)4-3-10-5-7-13(17)15(16)14(10)12/h2-18H,1H3;1-10,12,16H,11H2;2-8,17H,16H2,1H3/b;15-12-,17-16?;. The van der Waals surface area contributed by atoms with Gasteiger partial charge in [-0.15, -0.1) is 12.6 Å². The highest BCUT2D eigenvalue weighted by molar-refractivity contribution is 7.80. The lowest BCUT2D eigenvalue weighted by Gasteiger charge is -2.30. The van der Waals surface area contributed by atoms with E-state index in [2.05, 4.69) is 183 Å². The predicted octanol–water partition coefficient (Wildman–Crippen LogP) is 16.0. The Morgan fingerprint density at radius 3 is 1.78 bits per heavy atom. The topological polar surface area (TPSA) is 62.2 Å². The molecule has 1 unspecified atom stereocenters. The lowest BCUT2D eigenvalue weighted by molar-refractivity contribution is 0.794. The fraction of sp³-hybridized carbons (Fsp3) is 0.0667. The third kappa shape index (κ3) is 7.06. The summed E-state index contributed by atoms with van der Waals surface area (Å²) in [5.74, 6) is 0. The Labute approximate surface area is 380 Å². The highest BCUT2D eigenvalue weighted by Crippen LogP contribution is 2.63. The van der Waals surface area contributed by atoms with Crippen LogP contribution >= 0.6 is 12.6 Å². The number of nitrogens with two attached hydrogens (primary N) is 1. The molecule has 10 aromatic carbocycles. The molecule has 0 amide bonds. The van der Waals surface area contributed by atoms with Gasteiger partial charge in [-0.3, -0.25) is 0 Å². The molecule has 12 rings (SSSR count). The van der Waals surface area contributed by atoms with Gasteiger partial charge in [-0.05, 0) is 115 Å². The van der Waals surface area contributed by atoms with E-state index in [0.717, 1.165) is 39.0 Å². The Bertz CT molecular complexity index is 3430. The zero-order valence-electron chi connectivity index (χ0n) is 35.9. The van der Waals surface area contributed by atoms with Crippen molar-refractivity contribution in [2.45, 2.75) is 30.6 Å². The maximum atomic E-state index is 7.22. The van der Waals surface area contributed by atoms with Crippen molar-refractivity contribution in [2.24, 2.45) is 5.11 Å². The molecule has 2 aliphatic rings. The number of nitrogens with one attached hydrogen (secondary N) is 1. The van der Waals surface area contributed by atoms with Crippen LogP contribution in [0.4, 0.5) is 5.69 Å². The summed E-state index contributed by atoms with van der Waals surface area (Å²) in [6.07, 6.45) is 2.78. The highest BCUT2D eigenvalue weighted by Gasteiger charge is 2.51. The Morgan fingerprint density at radius 2 is 1.06 bits per heavy atom. The molecule has 0 saturated heterocycles. The average Bonchev–Trinajstić information content (AvgIpc) is 3.79. The first-order valence-corrected chi connectivity index (χ1v) is 22.2. The number of thiol groups is 1. The second-order valence-corrected chi connectivity index (χ2v) is 17.3. The first kappa shape index (κ1) is 40.5. The molecule has 64 heavy (non-hydrogen) atoms. The minimum atomic E-state index is -0.242. The molecule has 308 valence electrons. The van der Waals surface area contributed by atoms with Gasteiger partial charge in [0.05, 0.1) is 16.8 Å². The van der Waals surface area contributed by atoms with E-state index >= 15 is 0 Å². The zero-order chi connectivity index (χ0) is 43.8. The summed E-state index contributed by atoms with van der Waals surface area (Å²) in [5, 5.41) is 10.9. The molecule has 0 radical (unpaired) electrons. The number of hydrogen-bond donors (Lipinski definition) is 3. The maximum absolute atomic E-state index is 7.22. The predicted molar refractivity (Wildman–Crippen MR) is 273 cm³/mol. The first-order chi connectivity index (χ1) is 31.3. The summed E-state index contributed by atoms with van der Waals surface area (Å²) >= 11 is 4.39. The van der Waals surface area contributed by atoms with Crippen LogP contribution in [0.3, 0.4) is 0 Å². The lowest BCUT2D eigenvalue weighted by atomic mass is 9.70. The summed E-state index contributed by atoms with van der Waals surface area (Å²) in [4.78, 5) is 0.838. The van der Waals surface area contributed by atoms with E-state index in [0.29, 0.717) is 0 Å². The molecule has 0 heterocycles. The molecule has 10 aromatic rings. The van der Waals surface area contributed by atoms with E-state index < -0.39 is 0 Å². The van der Waals surface area contributed by atoms with Crippen LogP contribution in [0.15, 0.2) is 222 Å². The molecule has 1 spiro atoms. The van der Waals surface area contributed by atoms with Crippen molar-refractivity contribution in [2.75, 3.05) is 5.73 Å². The molecule has 0 bridgehead atoms. The molecule has 2 aliphatic carbocycles. The van der Waals surface area contributed by atoms with Crippen LogP contribution in [-0.2, 0) is 11.8 Å². The molecule has 1 atom stereocenters. The van der Waals surface area contributed by atoms with Crippen molar-refractivity contribution in [1.29, 1.82) is 5.53 Å². The average molecular weight is 842 g/mol. The van der Waals surface area contributed by atoms with Gasteiger partial charge >= 0.3 is 0 Å². The van der Waals surface area contributed by atoms with E-state index in [9.17, 15) is 0 Å². The van der Waals surface area contributed by atoms with Crippen LogP contribution in [0.25, 0.3) is 60.3 Å².